The van der Waals surface area contributed by atoms with Crippen LogP contribution in [0.3, 0.4) is 0 Å². The number of aromatic nitrogens is 6. The number of aryl methyl sites for hydroxylation is 2. The molecule has 1 aliphatic carbocycles. The smallest absolute Gasteiger partial charge is 0.337 e. The molecule has 1 aliphatic rings. The molecule has 1 saturated carbocycles. The minimum atomic E-state index is -0.770. The number of carbonyl (C=O) groups is 2. The van der Waals surface area contributed by atoms with Gasteiger partial charge in [0, 0.05) is 46.1 Å². The second kappa shape index (κ2) is 12.9. The number of benzene rings is 1. The molecule has 4 aromatic heterocycles. The molecule has 0 amide bonds. The van der Waals surface area contributed by atoms with Gasteiger partial charge in [-0.3, -0.25) is 13.8 Å². The number of aliphatic hydroxyl groups is 1. The monoisotopic (exact) mass is 580 g/mol. The lowest BCUT2D eigenvalue weighted by Gasteiger charge is -2.13. The van der Waals surface area contributed by atoms with Crippen molar-refractivity contribution in [1.29, 1.82) is 0 Å². The van der Waals surface area contributed by atoms with Crippen molar-refractivity contribution in [3.8, 4) is 28.1 Å². The van der Waals surface area contributed by atoms with Crippen molar-refractivity contribution in [2.45, 2.75) is 31.7 Å². The van der Waals surface area contributed by atoms with E-state index in [9.17, 15) is 14.0 Å². The molecule has 4 heterocycles. The van der Waals surface area contributed by atoms with Gasteiger partial charge in [-0.15, -0.1) is 5.10 Å². The summed E-state index contributed by atoms with van der Waals surface area (Å²) >= 11 is 0. The molecule has 0 aliphatic heterocycles. The molecule has 1 fully saturated rings. The van der Waals surface area contributed by atoms with E-state index in [0.29, 0.717) is 33.4 Å². The Kier molecular flexibility index (Phi) is 9.33. The van der Waals surface area contributed by atoms with Crippen LogP contribution in [0.1, 0.15) is 31.7 Å². The fourth-order valence-corrected chi connectivity index (χ4v) is 5.45. The van der Waals surface area contributed by atoms with Gasteiger partial charge in [0.2, 0.25) is 5.95 Å². The van der Waals surface area contributed by atoms with Gasteiger partial charge in [-0.1, -0.05) is 25.0 Å². The number of esters is 1. The first-order valence-electron chi connectivity index (χ1n) is 13.2. The van der Waals surface area contributed by atoms with Crippen molar-refractivity contribution < 1.29 is 28.6 Å². The Balaban J connectivity index is 0.000000763. The first-order chi connectivity index (χ1) is 20.3. The van der Waals surface area contributed by atoms with E-state index in [1.54, 1.807) is 69.5 Å². The SMILES string of the molecule is C=O.COC.Cn1cc(-c2[nH]c3ncc4c(c3c2-c2ccc(OC(=O)CO)cc2)n(C2CCCC2)c(=O)n4C)c(F)n1. The number of carbonyl (C=O) groups excluding carboxylic acids is 2. The molecule has 1 aromatic carbocycles. The molecule has 0 saturated heterocycles. The van der Waals surface area contributed by atoms with E-state index in [1.165, 1.54) is 4.68 Å². The third-order valence-electron chi connectivity index (χ3n) is 7.12. The van der Waals surface area contributed by atoms with Crippen molar-refractivity contribution in [2.24, 2.45) is 14.1 Å². The average molecular weight is 581 g/mol. The third kappa shape index (κ3) is 5.48. The number of pyridine rings is 1. The molecule has 42 heavy (non-hydrogen) atoms. The Bertz CT molecular complexity index is 1760. The topological polar surface area (TPSA) is 146 Å². The highest BCUT2D eigenvalue weighted by Gasteiger charge is 2.28. The molecule has 6 rings (SSSR count). The average Bonchev–Trinajstić information content (AvgIpc) is 3.77. The summed E-state index contributed by atoms with van der Waals surface area (Å²) in [6.45, 7) is 1.27. The van der Waals surface area contributed by atoms with E-state index in [1.807, 2.05) is 11.4 Å². The maximum absolute atomic E-state index is 15.0. The van der Waals surface area contributed by atoms with E-state index in [2.05, 4.69) is 19.8 Å². The number of ether oxygens (including phenoxy) is 2. The Hall–Kier alpha value is -4.62. The first-order valence-corrected chi connectivity index (χ1v) is 13.2. The fourth-order valence-electron chi connectivity index (χ4n) is 5.45. The van der Waals surface area contributed by atoms with Crippen LogP contribution in [0.4, 0.5) is 4.39 Å². The van der Waals surface area contributed by atoms with Gasteiger partial charge in [0.15, 0.2) is 0 Å². The highest BCUT2D eigenvalue weighted by atomic mass is 19.1. The molecule has 13 heteroatoms. The lowest BCUT2D eigenvalue weighted by molar-refractivity contribution is -0.137. The number of halogens is 1. The number of nitrogens with one attached hydrogen (secondary N) is 1. The van der Waals surface area contributed by atoms with E-state index in [0.717, 1.165) is 31.2 Å². The Morgan fingerprint density at radius 2 is 1.81 bits per heavy atom. The Morgan fingerprint density at radius 3 is 2.38 bits per heavy atom. The number of aliphatic hydroxyl groups excluding tert-OH is 1. The summed E-state index contributed by atoms with van der Waals surface area (Å²) in [4.78, 5) is 40.8. The molecule has 12 nitrogen and oxygen atoms in total. The van der Waals surface area contributed by atoms with E-state index in [-0.39, 0.29) is 23.0 Å². The Labute approximate surface area is 240 Å². The molecule has 2 N–H and O–H groups in total. The second-order valence-electron chi connectivity index (χ2n) is 9.81. The van der Waals surface area contributed by atoms with Crippen molar-refractivity contribution in [3.63, 3.8) is 0 Å². The molecule has 0 bridgehead atoms. The van der Waals surface area contributed by atoms with Gasteiger partial charge in [0.25, 0.3) is 0 Å². The highest BCUT2D eigenvalue weighted by Crippen LogP contribution is 2.43. The van der Waals surface area contributed by atoms with Crippen LogP contribution in [0.2, 0.25) is 0 Å². The molecule has 5 aromatic rings. The predicted octanol–water partition coefficient (Wildman–Crippen LogP) is 3.51. The van der Waals surface area contributed by atoms with Crippen LogP contribution < -0.4 is 10.4 Å². The zero-order chi connectivity index (χ0) is 30.6. The number of fused-ring (bicyclic) bond motifs is 3. The molecule has 0 radical (unpaired) electrons. The second-order valence-corrected chi connectivity index (χ2v) is 9.81. The summed E-state index contributed by atoms with van der Waals surface area (Å²) in [5, 5.41) is 13.6. The van der Waals surface area contributed by atoms with Gasteiger partial charge < -0.3 is 24.4 Å². The van der Waals surface area contributed by atoms with Gasteiger partial charge in [-0.25, -0.2) is 14.6 Å². The van der Waals surface area contributed by atoms with Crippen molar-refractivity contribution in [1.82, 2.24) is 28.9 Å². The lowest BCUT2D eigenvalue weighted by Crippen LogP contribution is -2.24. The number of H-pyrrole nitrogens is 1. The largest absolute Gasteiger partial charge is 0.425 e. The van der Waals surface area contributed by atoms with Gasteiger partial charge in [-0.2, -0.15) is 4.39 Å². The zero-order valence-corrected chi connectivity index (χ0v) is 23.9. The van der Waals surface area contributed by atoms with Gasteiger partial charge in [-0.05, 0) is 30.5 Å². The number of hydrogen-bond donors (Lipinski definition) is 2. The quantitative estimate of drug-likeness (QED) is 0.237. The van der Waals surface area contributed by atoms with Crippen LogP contribution in [0.15, 0.2) is 41.5 Å². The maximum Gasteiger partial charge on any atom is 0.337 e. The number of nitrogens with zero attached hydrogens (tertiary/aromatic N) is 5. The highest BCUT2D eigenvalue weighted by molar-refractivity contribution is 6.14. The molecular weight excluding hydrogens is 547 g/mol. The van der Waals surface area contributed by atoms with Crippen LogP contribution in [0.5, 0.6) is 5.75 Å². The first kappa shape index (κ1) is 30.3. The molecule has 222 valence electrons. The zero-order valence-electron chi connectivity index (χ0n) is 23.9. The maximum atomic E-state index is 15.0. The predicted molar refractivity (Wildman–Crippen MR) is 155 cm³/mol. The summed E-state index contributed by atoms with van der Waals surface area (Å²) in [6, 6.07) is 6.78. The summed E-state index contributed by atoms with van der Waals surface area (Å²) < 4.78 is 29.2. The number of aromatic amines is 1. The van der Waals surface area contributed by atoms with Gasteiger partial charge >= 0.3 is 11.7 Å². The summed E-state index contributed by atoms with van der Waals surface area (Å²) in [5.41, 5.74) is 3.98. The fraction of sp³-hybridized carbons (Fsp3) is 0.345. The van der Waals surface area contributed by atoms with Gasteiger partial charge in [0.05, 0.1) is 33.9 Å². The van der Waals surface area contributed by atoms with Crippen LogP contribution >= 0.6 is 0 Å². The number of rotatable bonds is 5. The molecule has 0 spiro atoms. The number of methoxy groups -OCH3 is 1. The van der Waals surface area contributed by atoms with Crippen LogP contribution in [0, 0.1) is 5.95 Å². The lowest BCUT2D eigenvalue weighted by atomic mass is 9.99. The van der Waals surface area contributed by atoms with Crippen molar-refractivity contribution >= 4 is 34.8 Å². The van der Waals surface area contributed by atoms with E-state index >= 15 is 0 Å². The molecule has 0 unspecified atom stereocenters. The number of hydrogen-bond acceptors (Lipinski definition) is 8. The van der Waals surface area contributed by atoms with Crippen molar-refractivity contribution in [3.05, 3.63) is 53.1 Å². The summed E-state index contributed by atoms with van der Waals surface area (Å²) in [5.74, 6) is -1.14. The third-order valence-corrected chi connectivity index (χ3v) is 7.12. The minimum absolute atomic E-state index is 0.0726. The van der Waals surface area contributed by atoms with Crippen molar-refractivity contribution in [2.75, 3.05) is 20.8 Å². The minimum Gasteiger partial charge on any atom is -0.425 e. The normalized spacial score (nSPS) is 13.1. The van der Waals surface area contributed by atoms with Crippen LogP contribution in [0.25, 0.3) is 44.5 Å². The summed E-state index contributed by atoms with van der Waals surface area (Å²) in [6.07, 6.45) is 7.21. The van der Waals surface area contributed by atoms with Gasteiger partial charge in [0.1, 0.15) is 24.8 Å². The standard InChI is InChI=1S/C26H25FN6O4.C2H6O.CH2O/c1-31-12-17(24(27)30-31)22-20(14-7-9-16(10-8-14)37-19(35)13-34)21-23-18(11-28-25(21)29-22)32(2)26(36)33(23)15-5-3-4-6-15;1-3-2;1-2/h7-12,15,34H,3-6,13H2,1-2H3,(H,28,29);1-2H3;1H2. The number of imidazole rings is 1. The molecular formula is C29H33FN6O6. The van der Waals surface area contributed by atoms with E-state index in [4.69, 9.17) is 14.6 Å². The summed E-state index contributed by atoms with van der Waals surface area (Å²) in [7, 11) is 6.63. The van der Waals surface area contributed by atoms with Crippen LogP contribution in [-0.4, -0.2) is 67.6 Å². The van der Waals surface area contributed by atoms with E-state index < -0.39 is 18.5 Å². The molecule has 0 atom stereocenters. The Morgan fingerprint density at radius 1 is 1.17 bits per heavy atom. The van der Waals surface area contributed by atoms with Crippen LogP contribution in [-0.2, 0) is 28.4 Å².